The number of hydrogen-bond donors (Lipinski definition) is 1. The first-order chi connectivity index (χ1) is 12.9. The molecule has 0 aromatic heterocycles. The van der Waals surface area contributed by atoms with E-state index >= 15 is 0 Å². The van der Waals surface area contributed by atoms with Crippen LogP contribution in [0.25, 0.3) is 0 Å². The van der Waals surface area contributed by atoms with Crippen LogP contribution in [0.3, 0.4) is 0 Å². The number of nitrogens with one attached hydrogen (secondary N) is 1. The number of aryl methyl sites for hydroxylation is 1. The predicted molar refractivity (Wildman–Crippen MR) is 103 cm³/mol. The van der Waals surface area contributed by atoms with Crippen LogP contribution in [0.5, 0.6) is 0 Å². The Hall–Kier alpha value is -1.93. The van der Waals surface area contributed by atoms with E-state index < -0.39 is 10.0 Å². The Morgan fingerprint density at radius 2 is 1.81 bits per heavy atom. The summed E-state index contributed by atoms with van der Waals surface area (Å²) in [5.41, 5.74) is 1.96. The molecule has 0 atom stereocenters. The molecule has 0 aliphatic carbocycles. The van der Waals surface area contributed by atoms with Gasteiger partial charge in [0.25, 0.3) is 5.91 Å². The van der Waals surface area contributed by atoms with Gasteiger partial charge in [0.05, 0.1) is 18.1 Å². The summed E-state index contributed by atoms with van der Waals surface area (Å²) in [6.07, 6.45) is 0. The lowest BCUT2D eigenvalue weighted by Crippen LogP contribution is -2.40. The number of sulfonamides is 1. The second-order valence-electron chi connectivity index (χ2n) is 6.30. The molecule has 0 unspecified atom stereocenters. The number of nitrogens with zero attached hydrogens (tertiary/aromatic N) is 1. The molecule has 27 heavy (non-hydrogen) atoms. The van der Waals surface area contributed by atoms with Crippen LogP contribution >= 0.6 is 11.6 Å². The molecule has 1 N–H and O–H groups in total. The molecule has 3 rings (SSSR count). The molecule has 1 aliphatic rings. The summed E-state index contributed by atoms with van der Waals surface area (Å²) in [7, 11) is -3.65. The minimum atomic E-state index is -3.65. The molecule has 0 bridgehead atoms. The highest BCUT2D eigenvalue weighted by Gasteiger charge is 2.27. The summed E-state index contributed by atoms with van der Waals surface area (Å²) >= 11 is 5.86. The van der Waals surface area contributed by atoms with Gasteiger partial charge in [-0.2, -0.15) is 4.31 Å². The van der Waals surface area contributed by atoms with Gasteiger partial charge in [-0.1, -0.05) is 29.8 Å². The van der Waals surface area contributed by atoms with E-state index in [-0.39, 0.29) is 10.8 Å². The lowest BCUT2D eigenvalue weighted by atomic mass is 10.1. The standard InChI is InChI=1S/C19H21ClN2O4S/c1-14-2-7-17(27(24,25)22-8-10-26-11-9-22)12-18(14)19(23)21-13-15-3-5-16(20)6-4-15/h2-7,12H,8-11,13H2,1H3,(H,21,23). The fourth-order valence-electron chi connectivity index (χ4n) is 2.82. The summed E-state index contributed by atoms with van der Waals surface area (Å²) < 4.78 is 32.2. The zero-order valence-corrected chi connectivity index (χ0v) is 16.5. The second-order valence-corrected chi connectivity index (χ2v) is 8.68. The third kappa shape index (κ3) is 4.68. The number of carbonyl (C=O) groups is 1. The van der Waals surface area contributed by atoms with Crippen molar-refractivity contribution in [2.45, 2.75) is 18.4 Å². The third-order valence-corrected chi connectivity index (χ3v) is 6.57. The quantitative estimate of drug-likeness (QED) is 0.825. The molecular formula is C19H21ClN2O4S. The predicted octanol–water partition coefficient (Wildman–Crippen LogP) is 2.60. The molecular weight excluding hydrogens is 388 g/mol. The van der Waals surface area contributed by atoms with Gasteiger partial charge in [-0.05, 0) is 42.3 Å². The number of hydrogen-bond acceptors (Lipinski definition) is 4. The van der Waals surface area contributed by atoms with Crippen molar-refractivity contribution < 1.29 is 17.9 Å². The third-order valence-electron chi connectivity index (χ3n) is 4.43. The number of ether oxygens (including phenoxy) is 1. The Bertz CT molecular complexity index is 923. The van der Waals surface area contributed by atoms with Crippen LogP contribution in [0.1, 0.15) is 21.5 Å². The monoisotopic (exact) mass is 408 g/mol. The number of amides is 1. The van der Waals surface area contributed by atoms with Gasteiger partial charge in [-0.25, -0.2) is 8.42 Å². The summed E-state index contributed by atoms with van der Waals surface area (Å²) in [6.45, 7) is 3.49. The van der Waals surface area contributed by atoms with Crippen molar-refractivity contribution in [2.24, 2.45) is 0 Å². The van der Waals surface area contributed by atoms with Crippen molar-refractivity contribution >= 4 is 27.5 Å². The highest BCUT2D eigenvalue weighted by atomic mass is 35.5. The second kappa shape index (κ2) is 8.39. The molecule has 1 saturated heterocycles. The lowest BCUT2D eigenvalue weighted by Gasteiger charge is -2.26. The molecule has 6 nitrogen and oxygen atoms in total. The molecule has 8 heteroatoms. The topological polar surface area (TPSA) is 75.7 Å². The largest absolute Gasteiger partial charge is 0.379 e. The van der Waals surface area contributed by atoms with Crippen molar-refractivity contribution in [3.05, 3.63) is 64.2 Å². The molecule has 2 aromatic rings. The van der Waals surface area contributed by atoms with E-state index in [2.05, 4.69) is 5.32 Å². The average molecular weight is 409 g/mol. The Kier molecular flexibility index (Phi) is 6.16. The van der Waals surface area contributed by atoms with Crippen LogP contribution in [-0.4, -0.2) is 44.9 Å². The van der Waals surface area contributed by atoms with E-state index in [4.69, 9.17) is 16.3 Å². The molecule has 0 radical (unpaired) electrons. The zero-order chi connectivity index (χ0) is 19.4. The number of rotatable bonds is 5. The van der Waals surface area contributed by atoms with Crippen molar-refractivity contribution in [2.75, 3.05) is 26.3 Å². The molecule has 2 aromatic carbocycles. The van der Waals surface area contributed by atoms with E-state index in [1.54, 1.807) is 25.1 Å². The zero-order valence-electron chi connectivity index (χ0n) is 14.9. The van der Waals surface area contributed by atoms with Crippen LogP contribution in [-0.2, 0) is 21.3 Å². The summed E-state index contributed by atoms with van der Waals surface area (Å²) in [6, 6.07) is 11.8. The van der Waals surface area contributed by atoms with Gasteiger partial charge in [0.1, 0.15) is 0 Å². The molecule has 1 aliphatic heterocycles. The van der Waals surface area contributed by atoms with Gasteiger partial charge >= 0.3 is 0 Å². The number of morpholine rings is 1. The van der Waals surface area contributed by atoms with Gasteiger partial charge in [0.15, 0.2) is 0 Å². The highest BCUT2D eigenvalue weighted by Crippen LogP contribution is 2.21. The maximum Gasteiger partial charge on any atom is 0.251 e. The Morgan fingerprint density at radius 1 is 1.15 bits per heavy atom. The van der Waals surface area contributed by atoms with Gasteiger partial charge in [0.2, 0.25) is 10.0 Å². The number of halogens is 1. The minimum Gasteiger partial charge on any atom is -0.379 e. The Balaban J connectivity index is 1.78. The Morgan fingerprint density at radius 3 is 2.48 bits per heavy atom. The van der Waals surface area contributed by atoms with Crippen molar-refractivity contribution in [3.63, 3.8) is 0 Å². The van der Waals surface area contributed by atoms with E-state index in [1.165, 1.54) is 16.4 Å². The SMILES string of the molecule is Cc1ccc(S(=O)(=O)N2CCOCC2)cc1C(=O)NCc1ccc(Cl)cc1. The maximum atomic E-state index is 12.8. The van der Waals surface area contributed by atoms with E-state index in [1.807, 2.05) is 12.1 Å². The molecule has 0 spiro atoms. The smallest absolute Gasteiger partial charge is 0.251 e. The Labute approximate surface area is 164 Å². The first kappa shape index (κ1) is 19.8. The lowest BCUT2D eigenvalue weighted by molar-refractivity contribution is 0.0730. The van der Waals surface area contributed by atoms with Gasteiger partial charge in [-0.3, -0.25) is 4.79 Å². The van der Waals surface area contributed by atoms with Crippen molar-refractivity contribution in [1.82, 2.24) is 9.62 Å². The van der Waals surface area contributed by atoms with Crippen LogP contribution in [0.15, 0.2) is 47.4 Å². The molecule has 0 saturated carbocycles. The maximum absolute atomic E-state index is 12.8. The van der Waals surface area contributed by atoms with Gasteiger partial charge in [0, 0.05) is 30.2 Å². The van der Waals surface area contributed by atoms with Crippen molar-refractivity contribution in [3.8, 4) is 0 Å². The normalized spacial score (nSPS) is 15.5. The summed E-state index contributed by atoms with van der Waals surface area (Å²) in [5.74, 6) is -0.318. The molecule has 1 fully saturated rings. The fourth-order valence-corrected chi connectivity index (χ4v) is 4.38. The van der Waals surface area contributed by atoms with Crippen LogP contribution in [0.4, 0.5) is 0 Å². The molecule has 1 heterocycles. The summed E-state index contributed by atoms with van der Waals surface area (Å²) in [5, 5.41) is 3.45. The number of carbonyl (C=O) groups excluding carboxylic acids is 1. The first-order valence-corrected chi connectivity index (χ1v) is 10.4. The molecule has 1 amide bonds. The average Bonchev–Trinajstić information content (AvgIpc) is 2.68. The number of benzene rings is 2. The minimum absolute atomic E-state index is 0.117. The van der Waals surface area contributed by atoms with Crippen molar-refractivity contribution in [1.29, 1.82) is 0 Å². The van der Waals surface area contributed by atoms with Gasteiger partial charge in [-0.15, -0.1) is 0 Å². The van der Waals surface area contributed by atoms with E-state index in [9.17, 15) is 13.2 Å². The summed E-state index contributed by atoms with van der Waals surface area (Å²) in [4.78, 5) is 12.7. The highest BCUT2D eigenvalue weighted by molar-refractivity contribution is 7.89. The van der Waals surface area contributed by atoms with Crippen LogP contribution in [0, 0.1) is 6.92 Å². The molecule has 144 valence electrons. The fraction of sp³-hybridized carbons (Fsp3) is 0.316. The first-order valence-electron chi connectivity index (χ1n) is 8.59. The van der Waals surface area contributed by atoms with Gasteiger partial charge < -0.3 is 10.1 Å². The van der Waals surface area contributed by atoms with Crippen LogP contribution in [0.2, 0.25) is 5.02 Å². The van der Waals surface area contributed by atoms with E-state index in [0.29, 0.717) is 49.0 Å². The van der Waals surface area contributed by atoms with Crippen LogP contribution < -0.4 is 5.32 Å². The van der Waals surface area contributed by atoms with E-state index in [0.717, 1.165) is 5.56 Å².